The van der Waals surface area contributed by atoms with Crippen LogP contribution in [0.4, 0.5) is 0 Å². The van der Waals surface area contributed by atoms with Crippen molar-refractivity contribution in [2.45, 2.75) is 47.3 Å². The van der Waals surface area contributed by atoms with E-state index in [-0.39, 0.29) is 36.8 Å². The van der Waals surface area contributed by atoms with Gasteiger partial charge in [0.15, 0.2) is 0 Å². The smallest absolute Gasteiger partial charge is 0.293 e. The molecule has 2 amide bonds. The summed E-state index contributed by atoms with van der Waals surface area (Å²) >= 11 is 0. The van der Waals surface area contributed by atoms with Crippen LogP contribution in [-0.4, -0.2) is 72.3 Å². The van der Waals surface area contributed by atoms with Gasteiger partial charge in [0, 0.05) is 25.2 Å². The van der Waals surface area contributed by atoms with Gasteiger partial charge in [-0.2, -0.15) is 0 Å². The topological polar surface area (TPSA) is 94.3 Å². The molecule has 3 rings (SSSR count). The number of aromatic nitrogens is 1. The highest BCUT2D eigenvalue weighted by Gasteiger charge is 2.34. The average molecular weight is 421 g/mol. The lowest BCUT2D eigenvalue weighted by Crippen LogP contribution is -2.42. The number of aryl methyl sites for hydroxylation is 2. The molecule has 30 heavy (non-hydrogen) atoms. The first-order valence-corrected chi connectivity index (χ1v) is 10.3. The molecule has 0 spiro atoms. The third-order valence-electron chi connectivity index (χ3n) is 5.21. The Morgan fingerprint density at radius 3 is 2.57 bits per heavy atom. The highest BCUT2D eigenvalue weighted by Crippen LogP contribution is 2.20. The Labute approximate surface area is 176 Å². The number of ether oxygens (including phenoxy) is 3. The maximum absolute atomic E-state index is 13.1. The molecular weight excluding hydrogens is 390 g/mol. The van der Waals surface area contributed by atoms with Crippen molar-refractivity contribution in [3.05, 3.63) is 28.5 Å². The Morgan fingerprint density at radius 1 is 1.20 bits per heavy atom. The lowest BCUT2D eigenvalue weighted by atomic mass is 10.2. The minimum atomic E-state index is -0.349. The normalized spacial score (nSPS) is 20.3. The van der Waals surface area contributed by atoms with E-state index in [1.54, 1.807) is 11.8 Å². The van der Waals surface area contributed by atoms with Gasteiger partial charge >= 0.3 is 0 Å². The van der Waals surface area contributed by atoms with Crippen LogP contribution in [0.15, 0.2) is 16.0 Å². The van der Waals surface area contributed by atoms with E-state index < -0.39 is 0 Å². The van der Waals surface area contributed by atoms with Gasteiger partial charge in [0.05, 0.1) is 18.4 Å². The summed E-state index contributed by atoms with van der Waals surface area (Å²) in [5.41, 5.74) is 1.67. The number of hydrogen-bond donors (Lipinski definition) is 0. The fraction of sp³-hybridized carbons (Fsp3) is 0.667. The molecule has 1 saturated heterocycles. The molecule has 9 heteroatoms. The van der Waals surface area contributed by atoms with Gasteiger partial charge in [-0.05, 0) is 26.7 Å². The molecule has 9 nitrogen and oxygen atoms in total. The van der Waals surface area contributed by atoms with Crippen LogP contribution in [0, 0.1) is 19.8 Å². The fourth-order valence-electron chi connectivity index (χ4n) is 3.63. The van der Waals surface area contributed by atoms with Gasteiger partial charge in [-0.15, -0.1) is 0 Å². The molecule has 1 atom stereocenters. The summed E-state index contributed by atoms with van der Waals surface area (Å²) in [4.78, 5) is 29.2. The number of carbonyl (C=O) groups excluding carboxylic acids is 2. The number of hydrogen-bond acceptors (Lipinski definition) is 7. The van der Waals surface area contributed by atoms with Crippen molar-refractivity contribution in [1.29, 1.82) is 0 Å². The number of nitrogens with zero attached hydrogens (tertiary/aromatic N) is 3. The van der Waals surface area contributed by atoms with Crippen LogP contribution in [0.25, 0.3) is 0 Å². The molecule has 2 aliphatic rings. The molecule has 3 heterocycles. The minimum absolute atomic E-state index is 0.0170. The predicted molar refractivity (Wildman–Crippen MR) is 107 cm³/mol. The van der Waals surface area contributed by atoms with Gasteiger partial charge in [0.2, 0.25) is 11.7 Å². The quantitative estimate of drug-likeness (QED) is 0.691. The summed E-state index contributed by atoms with van der Waals surface area (Å²) in [7, 11) is 0. The molecule has 0 bridgehead atoms. The van der Waals surface area contributed by atoms with Crippen molar-refractivity contribution >= 4 is 11.8 Å². The second-order valence-electron chi connectivity index (χ2n) is 8.20. The van der Waals surface area contributed by atoms with Crippen molar-refractivity contribution in [1.82, 2.24) is 15.0 Å². The summed E-state index contributed by atoms with van der Waals surface area (Å²) in [6, 6.07) is 0. The van der Waals surface area contributed by atoms with Crippen molar-refractivity contribution < 1.29 is 28.3 Å². The van der Waals surface area contributed by atoms with Gasteiger partial charge in [-0.3, -0.25) is 9.59 Å². The molecule has 0 aromatic carbocycles. The monoisotopic (exact) mass is 421 g/mol. The SMILES string of the molecule is CC1=C(C(=O)N2CC(=O)N(CC(C)C)C[C@H](OCc3c(C)noc3C)C2)OCCO1. The lowest BCUT2D eigenvalue weighted by molar-refractivity contribution is -0.139. The standard InChI is InChI=1S/C21H31N3O6/c1-13(2)8-23-9-17(29-12-18-14(3)22-30-15(18)4)10-24(11-19(23)25)21(26)20-16(5)27-6-7-28-20/h13,17H,6-12H2,1-5H3/t17-/m0/s1. The molecule has 1 aromatic rings. The summed E-state index contributed by atoms with van der Waals surface area (Å²) in [5, 5.41) is 3.96. The van der Waals surface area contributed by atoms with E-state index in [1.807, 2.05) is 13.8 Å². The minimum Gasteiger partial charge on any atom is -0.491 e. The molecule has 0 N–H and O–H groups in total. The summed E-state index contributed by atoms with van der Waals surface area (Å²) in [6.07, 6.45) is -0.349. The van der Waals surface area contributed by atoms with Crippen LogP contribution in [0.2, 0.25) is 0 Å². The number of allylic oxidation sites excluding steroid dienone is 1. The maximum atomic E-state index is 13.1. The number of amides is 2. The van der Waals surface area contributed by atoms with Crippen LogP contribution in [-0.2, 0) is 30.4 Å². The summed E-state index contributed by atoms with van der Waals surface area (Å²) < 4.78 is 22.3. The van der Waals surface area contributed by atoms with E-state index in [9.17, 15) is 9.59 Å². The van der Waals surface area contributed by atoms with E-state index in [4.69, 9.17) is 18.7 Å². The van der Waals surface area contributed by atoms with Crippen LogP contribution < -0.4 is 0 Å². The molecule has 0 unspecified atom stereocenters. The number of carbonyl (C=O) groups is 2. The first kappa shape index (κ1) is 22.1. The second-order valence-corrected chi connectivity index (χ2v) is 8.20. The first-order valence-electron chi connectivity index (χ1n) is 10.3. The molecule has 166 valence electrons. The summed E-state index contributed by atoms with van der Waals surface area (Å²) in [6.45, 7) is 11.8. The molecule has 0 aliphatic carbocycles. The highest BCUT2D eigenvalue weighted by atomic mass is 16.6. The van der Waals surface area contributed by atoms with E-state index in [2.05, 4.69) is 19.0 Å². The van der Waals surface area contributed by atoms with Gasteiger partial charge in [0.25, 0.3) is 5.91 Å². The molecule has 0 saturated carbocycles. The van der Waals surface area contributed by atoms with Crippen molar-refractivity contribution in [2.24, 2.45) is 5.92 Å². The Morgan fingerprint density at radius 2 is 1.93 bits per heavy atom. The first-order chi connectivity index (χ1) is 14.3. The van der Waals surface area contributed by atoms with E-state index in [0.29, 0.717) is 50.3 Å². The molecular formula is C21H31N3O6. The second kappa shape index (κ2) is 9.51. The Bertz CT molecular complexity index is 796. The zero-order valence-corrected chi connectivity index (χ0v) is 18.4. The van der Waals surface area contributed by atoms with E-state index in [0.717, 1.165) is 11.3 Å². The Hall–Kier alpha value is -2.55. The zero-order chi connectivity index (χ0) is 21.8. The molecule has 2 aliphatic heterocycles. The third kappa shape index (κ3) is 5.13. The summed E-state index contributed by atoms with van der Waals surface area (Å²) in [5.74, 6) is 1.16. The average Bonchev–Trinajstić information content (AvgIpc) is 2.92. The fourth-order valence-corrected chi connectivity index (χ4v) is 3.63. The lowest BCUT2D eigenvalue weighted by Gasteiger charge is -2.27. The van der Waals surface area contributed by atoms with Crippen molar-refractivity contribution in [3.63, 3.8) is 0 Å². The van der Waals surface area contributed by atoms with Crippen molar-refractivity contribution in [2.75, 3.05) is 39.4 Å². The molecule has 1 aromatic heterocycles. The third-order valence-corrected chi connectivity index (χ3v) is 5.21. The van der Waals surface area contributed by atoms with Gasteiger partial charge in [0.1, 0.15) is 31.3 Å². The van der Waals surface area contributed by atoms with Crippen LogP contribution >= 0.6 is 0 Å². The Balaban J connectivity index is 1.78. The largest absolute Gasteiger partial charge is 0.491 e. The zero-order valence-electron chi connectivity index (χ0n) is 18.4. The number of rotatable bonds is 6. The van der Waals surface area contributed by atoms with Crippen LogP contribution in [0.3, 0.4) is 0 Å². The van der Waals surface area contributed by atoms with Crippen LogP contribution in [0.1, 0.15) is 37.8 Å². The van der Waals surface area contributed by atoms with Gasteiger partial charge < -0.3 is 28.5 Å². The molecule has 0 radical (unpaired) electrons. The van der Waals surface area contributed by atoms with Gasteiger partial charge in [-0.25, -0.2) is 0 Å². The molecule has 1 fully saturated rings. The van der Waals surface area contributed by atoms with E-state index in [1.165, 1.54) is 4.90 Å². The van der Waals surface area contributed by atoms with Gasteiger partial charge in [-0.1, -0.05) is 19.0 Å². The Kier molecular flexibility index (Phi) is 7.02. The van der Waals surface area contributed by atoms with E-state index >= 15 is 0 Å². The van der Waals surface area contributed by atoms with Crippen LogP contribution in [0.5, 0.6) is 0 Å². The highest BCUT2D eigenvalue weighted by molar-refractivity contribution is 5.95. The predicted octanol–water partition coefficient (Wildman–Crippen LogP) is 1.78. The van der Waals surface area contributed by atoms with Crippen molar-refractivity contribution in [3.8, 4) is 0 Å². The maximum Gasteiger partial charge on any atom is 0.293 e.